The standard InChI is InChI=1S/C15H18ClFN4O2/c1-9(12-4-3-11(17)5-13(12)16)20-15(23)18-7-14(22)10-6-19-21(2)8-10/h3-6,8-9,14,22H,7H2,1-2H3,(H2,18,20,23)/t9-,14-/m1/s1. The van der Waals surface area contributed by atoms with E-state index < -0.39 is 24.0 Å². The van der Waals surface area contributed by atoms with Crippen molar-refractivity contribution in [3.8, 4) is 0 Å². The molecule has 2 amide bonds. The maximum absolute atomic E-state index is 13.0. The lowest BCUT2D eigenvalue weighted by Gasteiger charge is -2.17. The number of rotatable bonds is 5. The molecular formula is C15H18ClFN4O2. The second-order valence-corrected chi connectivity index (χ2v) is 5.61. The van der Waals surface area contributed by atoms with Crippen molar-refractivity contribution in [1.29, 1.82) is 0 Å². The van der Waals surface area contributed by atoms with Gasteiger partial charge in [-0.3, -0.25) is 4.68 Å². The average molecular weight is 341 g/mol. The first-order valence-electron chi connectivity index (χ1n) is 7.02. The Morgan fingerprint density at radius 1 is 1.52 bits per heavy atom. The lowest BCUT2D eigenvalue weighted by molar-refractivity contribution is 0.172. The number of nitrogens with zero attached hydrogens (tertiary/aromatic N) is 2. The molecule has 8 heteroatoms. The SMILES string of the molecule is C[C@@H](NC(=O)NC[C@@H](O)c1cnn(C)c1)c1ccc(F)cc1Cl. The summed E-state index contributed by atoms with van der Waals surface area (Å²) in [6.07, 6.45) is 2.36. The molecule has 0 unspecified atom stereocenters. The van der Waals surface area contributed by atoms with Gasteiger partial charge >= 0.3 is 6.03 Å². The van der Waals surface area contributed by atoms with Crippen molar-refractivity contribution in [1.82, 2.24) is 20.4 Å². The number of carbonyl (C=O) groups excluding carboxylic acids is 1. The van der Waals surface area contributed by atoms with Gasteiger partial charge in [-0.2, -0.15) is 5.10 Å². The van der Waals surface area contributed by atoms with Crippen LogP contribution >= 0.6 is 11.6 Å². The summed E-state index contributed by atoms with van der Waals surface area (Å²) in [6.45, 7) is 1.78. The second kappa shape index (κ2) is 7.43. The van der Waals surface area contributed by atoms with Crippen molar-refractivity contribution in [2.24, 2.45) is 7.05 Å². The van der Waals surface area contributed by atoms with E-state index in [2.05, 4.69) is 15.7 Å². The zero-order valence-electron chi connectivity index (χ0n) is 12.8. The van der Waals surface area contributed by atoms with E-state index in [1.807, 2.05) is 0 Å². The van der Waals surface area contributed by atoms with Crippen molar-refractivity contribution >= 4 is 17.6 Å². The summed E-state index contributed by atoms with van der Waals surface area (Å²) in [5, 5.41) is 19.4. The van der Waals surface area contributed by atoms with E-state index in [1.54, 1.807) is 24.9 Å². The number of aromatic nitrogens is 2. The minimum atomic E-state index is -0.848. The van der Waals surface area contributed by atoms with Gasteiger partial charge in [-0.1, -0.05) is 17.7 Å². The van der Waals surface area contributed by atoms with Crippen molar-refractivity contribution in [3.05, 3.63) is 52.6 Å². The number of carbonyl (C=O) groups is 1. The van der Waals surface area contributed by atoms with Gasteiger partial charge in [0.15, 0.2) is 0 Å². The first kappa shape index (κ1) is 17.2. The summed E-state index contributed by atoms with van der Waals surface area (Å²) in [4.78, 5) is 11.9. The fraction of sp³-hybridized carbons (Fsp3) is 0.333. The Balaban J connectivity index is 1.86. The Morgan fingerprint density at radius 2 is 2.26 bits per heavy atom. The molecule has 2 rings (SSSR count). The van der Waals surface area contributed by atoms with Crippen molar-refractivity contribution in [3.63, 3.8) is 0 Å². The summed E-state index contributed by atoms with van der Waals surface area (Å²) in [6, 6.07) is 3.13. The Morgan fingerprint density at radius 3 is 2.87 bits per heavy atom. The van der Waals surface area contributed by atoms with Crippen LogP contribution < -0.4 is 10.6 Å². The quantitative estimate of drug-likeness (QED) is 0.781. The van der Waals surface area contributed by atoms with E-state index in [-0.39, 0.29) is 11.6 Å². The van der Waals surface area contributed by atoms with E-state index >= 15 is 0 Å². The highest BCUT2D eigenvalue weighted by Gasteiger charge is 2.15. The van der Waals surface area contributed by atoms with Gasteiger partial charge in [0.25, 0.3) is 0 Å². The molecule has 1 aromatic carbocycles. The molecule has 2 atom stereocenters. The molecule has 1 heterocycles. The van der Waals surface area contributed by atoms with E-state index in [4.69, 9.17) is 11.6 Å². The number of amides is 2. The number of halogens is 2. The molecule has 0 fully saturated rings. The molecule has 2 aromatic rings. The molecule has 0 saturated carbocycles. The van der Waals surface area contributed by atoms with Crippen molar-refractivity contribution < 1.29 is 14.3 Å². The number of aryl methyl sites for hydroxylation is 1. The molecule has 0 bridgehead atoms. The molecule has 0 aliphatic rings. The molecule has 23 heavy (non-hydrogen) atoms. The van der Waals surface area contributed by atoms with Crippen molar-refractivity contribution in [2.75, 3.05) is 6.54 Å². The highest BCUT2D eigenvalue weighted by molar-refractivity contribution is 6.31. The average Bonchev–Trinajstić information content (AvgIpc) is 2.91. The first-order valence-corrected chi connectivity index (χ1v) is 7.40. The summed E-state index contributed by atoms with van der Waals surface area (Å²) >= 11 is 5.96. The molecular weight excluding hydrogens is 323 g/mol. The lowest BCUT2D eigenvalue weighted by Crippen LogP contribution is -2.39. The number of aliphatic hydroxyl groups excluding tert-OH is 1. The van der Waals surface area contributed by atoms with Gasteiger partial charge in [-0.25, -0.2) is 9.18 Å². The first-order chi connectivity index (χ1) is 10.9. The topological polar surface area (TPSA) is 79.2 Å². The fourth-order valence-electron chi connectivity index (χ4n) is 2.10. The third-order valence-corrected chi connectivity index (χ3v) is 3.67. The zero-order valence-corrected chi connectivity index (χ0v) is 13.5. The predicted octanol–water partition coefficient (Wildman–Crippen LogP) is 2.31. The van der Waals surface area contributed by atoms with Crippen LogP contribution in [-0.2, 0) is 7.05 Å². The Kier molecular flexibility index (Phi) is 5.57. The minimum absolute atomic E-state index is 0.0431. The van der Waals surface area contributed by atoms with Crippen LogP contribution in [-0.4, -0.2) is 27.5 Å². The van der Waals surface area contributed by atoms with Gasteiger partial charge in [-0.15, -0.1) is 0 Å². The van der Waals surface area contributed by atoms with E-state index in [0.29, 0.717) is 11.1 Å². The number of hydrogen-bond donors (Lipinski definition) is 3. The lowest BCUT2D eigenvalue weighted by atomic mass is 10.1. The number of hydrogen-bond acceptors (Lipinski definition) is 3. The number of aliphatic hydroxyl groups is 1. The number of nitrogens with one attached hydrogen (secondary N) is 2. The third-order valence-electron chi connectivity index (χ3n) is 3.34. The molecule has 0 radical (unpaired) electrons. The van der Waals surface area contributed by atoms with E-state index in [0.717, 1.165) is 0 Å². The fourth-order valence-corrected chi connectivity index (χ4v) is 2.43. The number of urea groups is 1. The normalized spacial score (nSPS) is 13.4. The molecule has 124 valence electrons. The van der Waals surface area contributed by atoms with Crippen LogP contribution in [0.4, 0.5) is 9.18 Å². The van der Waals surface area contributed by atoms with Gasteiger partial charge in [-0.05, 0) is 24.6 Å². The van der Waals surface area contributed by atoms with Gasteiger partial charge in [0.1, 0.15) is 5.82 Å². The zero-order chi connectivity index (χ0) is 17.0. The molecule has 0 aliphatic heterocycles. The Hall–Kier alpha value is -2.12. The maximum Gasteiger partial charge on any atom is 0.315 e. The molecule has 3 N–H and O–H groups in total. The molecule has 0 aliphatic carbocycles. The maximum atomic E-state index is 13.0. The Labute approximate surface area is 138 Å². The molecule has 0 spiro atoms. The van der Waals surface area contributed by atoms with Gasteiger partial charge < -0.3 is 15.7 Å². The van der Waals surface area contributed by atoms with E-state index in [9.17, 15) is 14.3 Å². The van der Waals surface area contributed by atoms with E-state index in [1.165, 1.54) is 24.4 Å². The summed E-state index contributed by atoms with van der Waals surface area (Å²) in [5.74, 6) is -0.435. The highest BCUT2D eigenvalue weighted by atomic mass is 35.5. The third kappa shape index (κ3) is 4.67. The second-order valence-electron chi connectivity index (χ2n) is 5.21. The highest BCUT2D eigenvalue weighted by Crippen LogP contribution is 2.23. The van der Waals surface area contributed by atoms with Gasteiger partial charge in [0.2, 0.25) is 0 Å². The van der Waals surface area contributed by atoms with Crippen LogP contribution in [0.1, 0.15) is 30.2 Å². The smallest absolute Gasteiger partial charge is 0.315 e. The summed E-state index contributed by atoms with van der Waals surface area (Å²) in [5.41, 5.74) is 1.22. The molecule has 6 nitrogen and oxygen atoms in total. The minimum Gasteiger partial charge on any atom is -0.386 e. The monoisotopic (exact) mass is 340 g/mol. The number of benzene rings is 1. The van der Waals surface area contributed by atoms with Crippen LogP contribution in [0.15, 0.2) is 30.6 Å². The van der Waals surface area contributed by atoms with Crippen molar-refractivity contribution in [2.45, 2.75) is 19.1 Å². The Bertz CT molecular complexity index is 692. The summed E-state index contributed by atoms with van der Waals surface area (Å²) in [7, 11) is 1.74. The predicted molar refractivity (Wildman–Crippen MR) is 84.5 cm³/mol. The van der Waals surface area contributed by atoms with Crippen LogP contribution in [0, 0.1) is 5.82 Å². The van der Waals surface area contributed by atoms with Crippen LogP contribution in [0.5, 0.6) is 0 Å². The van der Waals surface area contributed by atoms with Gasteiger partial charge in [0, 0.05) is 30.4 Å². The van der Waals surface area contributed by atoms with Crippen LogP contribution in [0.25, 0.3) is 0 Å². The molecule has 1 aromatic heterocycles. The van der Waals surface area contributed by atoms with Gasteiger partial charge in [0.05, 0.1) is 18.3 Å². The van der Waals surface area contributed by atoms with Crippen LogP contribution in [0.2, 0.25) is 5.02 Å². The van der Waals surface area contributed by atoms with Crippen LogP contribution in [0.3, 0.4) is 0 Å². The largest absolute Gasteiger partial charge is 0.386 e. The molecule has 0 saturated heterocycles. The summed E-state index contributed by atoms with van der Waals surface area (Å²) < 4.78 is 14.6.